The summed E-state index contributed by atoms with van der Waals surface area (Å²) in [6.45, 7) is 3.14. The maximum absolute atomic E-state index is 11.4. The molecule has 1 aromatic heterocycles. The maximum Gasteiger partial charge on any atom is 0.296 e. The van der Waals surface area contributed by atoms with Gasteiger partial charge in [-0.05, 0) is 19.3 Å². The fourth-order valence-corrected chi connectivity index (χ4v) is 2.86. The standard InChI is InChI=1S/C9H14ClN3O3S/c1-2-5-13-8(7-4-3-6-16-7)11-12-9(13)17(10,14)15/h7H,2-6H2,1H3. The Balaban J connectivity index is 2.42. The first-order valence-corrected chi connectivity index (χ1v) is 7.84. The topological polar surface area (TPSA) is 74.1 Å². The normalized spacial score (nSPS) is 20.9. The van der Waals surface area contributed by atoms with E-state index in [1.54, 1.807) is 4.57 Å². The predicted molar refractivity (Wildman–Crippen MR) is 61.3 cm³/mol. The quantitative estimate of drug-likeness (QED) is 0.780. The van der Waals surface area contributed by atoms with Crippen LogP contribution in [0, 0.1) is 0 Å². The van der Waals surface area contributed by atoms with Crippen LogP contribution in [-0.2, 0) is 20.3 Å². The van der Waals surface area contributed by atoms with E-state index >= 15 is 0 Å². The van der Waals surface area contributed by atoms with E-state index in [1.807, 2.05) is 6.92 Å². The summed E-state index contributed by atoms with van der Waals surface area (Å²) >= 11 is 0. The summed E-state index contributed by atoms with van der Waals surface area (Å²) in [5.74, 6) is 0.559. The number of rotatable bonds is 4. The van der Waals surface area contributed by atoms with Crippen LogP contribution in [0.2, 0.25) is 0 Å². The van der Waals surface area contributed by atoms with Gasteiger partial charge in [-0.15, -0.1) is 10.2 Å². The van der Waals surface area contributed by atoms with E-state index in [2.05, 4.69) is 10.2 Å². The zero-order valence-electron chi connectivity index (χ0n) is 9.47. The monoisotopic (exact) mass is 279 g/mol. The minimum atomic E-state index is -3.86. The van der Waals surface area contributed by atoms with Crippen LogP contribution >= 0.6 is 10.7 Å². The van der Waals surface area contributed by atoms with E-state index in [9.17, 15) is 8.42 Å². The lowest BCUT2D eigenvalue weighted by atomic mass is 10.2. The maximum atomic E-state index is 11.4. The molecule has 96 valence electrons. The van der Waals surface area contributed by atoms with Crippen molar-refractivity contribution in [2.24, 2.45) is 0 Å². The van der Waals surface area contributed by atoms with E-state index in [-0.39, 0.29) is 11.3 Å². The zero-order valence-corrected chi connectivity index (χ0v) is 11.0. The third kappa shape index (κ3) is 2.61. The summed E-state index contributed by atoms with van der Waals surface area (Å²) in [5.41, 5.74) is 0. The molecule has 1 fully saturated rings. The van der Waals surface area contributed by atoms with Crippen LogP contribution in [0.3, 0.4) is 0 Å². The molecule has 2 rings (SSSR count). The van der Waals surface area contributed by atoms with Gasteiger partial charge < -0.3 is 4.74 Å². The van der Waals surface area contributed by atoms with Crippen LogP contribution in [-0.4, -0.2) is 29.8 Å². The van der Waals surface area contributed by atoms with Gasteiger partial charge in [-0.1, -0.05) is 6.92 Å². The molecule has 1 aliphatic rings. The lowest BCUT2D eigenvalue weighted by Gasteiger charge is -2.11. The average Bonchev–Trinajstić information content (AvgIpc) is 2.82. The molecule has 17 heavy (non-hydrogen) atoms. The SMILES string of the molecule is CCCn1c(C2CCCO2)nnc1S(=O)(=O)Cl. The Hall–Kier alpha value is -0.660. The molecule has 0 spiro atoms. The molecular formula is C9H14ClN3O3S. The molecular weight excluding hydrogens is 266 g/mol. The molecule has 1 aliphatic heterocycles. The third-order valence-corrected chi connectivity index (χ3v) is 3.78. The van der Waals surface area contributed by atoms with Gasteiger partial charge >= 0.3 is 0 Å². The molecule has 1 atom stereocenters. The second-order valence-corrected chi connectivity index (χ2v) is 6.39. The van der Waals surface area contributed by atoms with Gasteiger partial charge in [0.05, 0.1) is 0 Å². The average molecular weight is 280 g/mol. The summed E-state index contributed by atoms with van der Waals surface area (Å²) in [4.78, 5) is 0. The van der Waals surface area contributed by atoms with Gasteiger partial charge in [0.25, 0.3) is 14.2 Å². The van der Waals surface area contributed by atoms with Crippen LogP contribution in [0.15, 0.2) is 5.16 Å². The molecule has 1 aromatic rings. The predicted octanol–water partition coefficient (Wildman–Crippen LogP) is 1.47. The van der Waals surface area contributed by atoms with Gasteiger partial charge in [0, 0.05) is 23.8 Å². The molecule has 2 heterocycles. The van der Waals surface area contributed by atoms with Crippen molar-refractivity contribution in [3.63, 3.8) is 0 Å². The minimum Gasteiger partial charge on any atom is -0.370 e. The second-order valence-electron chi connectivity index (χ2n) is 3.93. The summed E-state index contributed by atoms with van der Waals surface area (Å²) in [5, 5.41) is 7.38. The smallest absolute Gasteiger partial charge is 0.296 e. The van der Waals surface area contributed by atoms with Gasteiger partial charge in [-0.25, -0.2) is 8.42 Å². The van der Waals surface area contributed by atoms with E-state index in [0.717, 1.165) is 19.3 Å². The fraction of sp³-hybridized carbons (Fsp3) is 0.778. The van der Waals surface area contributed by atoms with Crippen molar-refractivity contribution in [1.82, 2.24) is 14.8 Å². The Morgan fingerprint density at radius 2 is 2.29 bits per heavy atom. The Kier molecular flexibility index (Phi) is 3.70. The summed E-state index contributed by atoms with van der Waals surface area (Å²) < 4.78 is 29.7. The largest absolute Gasteiger partial charge is 0.370 e. The fourth-order valence-electron chi connectivity index (χ4n) is 1.93. The number of nitrogens with zero attached hydrogens (tertiary/aromatic N) is 3. The van der Waals surface area contributed by atoms with Gasteiger partial charge in [0.1, 0.15) is 6.10 Å². The third-order valence-electron chi connectivity index (χ3n) is 2.63. The first-order valence-electron chi connectivity index (χ1n) is 5.53. The number of hydrogen-bond acceptors (Lipinski definition) is 5. The summed E-state index contributed by atoms with van der Waals surface area (Å²) in [7, 11) is 1.47. The molecule has 0 radical (unpaired) electrons. The van der Waals surface area contributed by atoms with Crippen LogP contribution in [0.1, 0.15) is 38.1 Å². The number of hydrogen-bond donors (Lipinski definition) is 0. The van der Waals surface area contributed by atoms with Gasteiger partial charge in [0.2, 0.25) is 0 Å². The zero-order chi connectivity index (χ0) is 12.5. The number of aromatic nitrogens is 3. The molecule has 0 aromatic carbocycles. The Bertz CT molecular complexity index is 494. The van der Waals surface area contributed by atoms with Crippen molar-refractivity contribution in [3.8, 4) is 0 Å². The van der Waals surface area contributed by atoms with Crippen molar-refractivity contribution < 1.29 is 13.2 Å². The first-order chi connectivity index (χ1) is 8.04. The van der Waals surface area contributed by atoms with Crippen molar-refractivity contribution in [2.45, 2.75) is 44.0 Å². The molecule has 1 saturated heterocycles. The van der Waals surface area contributed by atoms with E-state index < -0.39 is 9.05 Å². The highest BCUT2D eigenvalue weighted by Crippen LogP contribution is 2.29. The van der Waals surface area contributed by atoms with Gasteiger partial charge in [0.15, 0.2) is 5.82 Å². The molecule has 6 nitrogen and oxygen atoms in total. The molecule has 0 amide bonds. The van der Waals surface area contributed by atoms with E-state index in [4.69, 9.17) is 15.4 Å². The van der Waals surface area contributed by atoms with Crippen molar-refractivity contribution in [3.05, 3.63) is 5.82 Å². The van der Waals surface area contributed by atoms with Crippen LogP contribution in [0.4, 0.5) is 0 Å². The van der Waals surface area contributed by atoms with Crippen molar-refractivity contribution >= 4 is 19.7 Å². The highest BCUT2D eigenvalue weighted by Gasteiger charge is 2.28. The lowest BCUT2D eigenvalue weighted by molar-refractivity contribution is 0.101. The van der Waals surface area contributed by atoms with Crippen molar-refractivity contribution in [1.29, 1.82) is 0 Å². The highest BCUT2D eigenvalue weighted by molar-refractivity contribution is 8.13. The molecule has 0 saturated carbocycles. The lowest BCUT2D eigenvalue weighted by Crippen LogP contribution is -2.12. The second kappa shape index (κ2) is 4.91. The Morgan fingerprint density at radius 3 is 2.82 bits per heavy atom. The van der Waals surface area contributed by atoms with Crippen LogP contribution in [0.5, 0.6) is 0 Å². The summed E-state index contributed by atoms with van der Waals surface area (Å²) in [6, 6.07) is 0. The van der Waals surface area contributed by atoms with Crippen LogP contribution < -0.4 is 0 Å². The minimum absolute atomic E-state index is 0.166. The molecule has 0 bridgehead atoms. The first kappa shape index (κ1) is 12.8. The van der Waals surface area contributed by atoms with E-state index in [0.29, 0.717) is 19.0 Å². The number of ether oxygens (including phenoxy) is 1. The Morgan fingerprint density at radius 1 is 1.53 bits per heavy atom. The van der Waals surface area contributed by atoms with Gasteiger partial charge in [-0.2, -0.15) is 0 Å². The summed E-state index contributed by atoms with van der Waals surface area (Å²) in [6.07, 6.45) is 2.40. The number of halogens is 1. The highest BCUT2D eigenvalue weighted by atomic mass is 35.7. The molecule has 0 N–H and O–H groups in total. The molecule has 0 aliphatic carbocycles. The van der Waals surface area contributed by atoms with Crippen LogP contribution in [0.25, 0.3) is 0 Å². The molecule has 1 unspecified atom stereocenters. The molecule has 8 heteroatoms. The van der Waals surface area contributed by atoms with E-state index in [1.165, 1.54) is 0 Å². The Labute approximate surface area is 104 Å². The van der Waals surface area contributed by atoms with Crippen molar-refractivity contribution in [2.75, 3.05) is 6.61 Å². The van der Waals surface area contributed by atoms with Gasteiger partial charge in [-0.3, -0.25) is 4.57 Å².